The number of fused-ring (bicyclic) bond motifs is 1. The number of Topliss-reactive ketones (excluding diaryl/α,β-unsaturated/α-hetero) is 1. The van der Waals surface area contributed by atoms with Crippen LogP contribution in [0.15, 0.2) is 35.5 Å². The van der Waals surface area contributed by atoms with Crippen molar-refractivity contribution in [2.75, 3.05) is 11.0 Å². The van der Waals surface area contributed by atoms with Gasteiger partial charge in [-0.1, -0.05) is 46.9 Å². The number of halogens is 3. The number of thioether (sulfide) groups is 1. The van der Waals surface area contributed by atoms with E-state index in [1.165, 1.54) is 31.2 Å². The summed E-state index contributed by atoms with van der Waals surface area (Å²) < 4.78 is 29.2. The molecule has 41 heavy (non-hydrogen) atoms. The maximum Gasteiger partial charge on any atom is 0.408 e. The second-order valence-electron chi connectivity index (χ2n) is 10.7. The summed E-state index contributed by atoms with van der Waals surface area (Å²) in [5, 5.41) is 11.4. The number of ketones is 1. The van der Waals surface area contributed by atoms with Gasteiger partial charge < -0.3 is 20.9 Å². The molecule has 0 spiro atoms. The van der Waals surface area contributed by atoms with Crippen LogP contribution in [0.2, 0.25) is 0 Å². The number of carboxylic acid groups (broad SMARTS) is 1. The number of sulfonamides is 1. The van der Waals surface area contributed by atoms with Crippen molar-refractivity contribution < 1.29 is 37.4 Å². The highest BCUT2D eigenvalue weighted by molar-refractivity contribution is 8.01. The number of anilines is 1. The Balaban J connectivity index is 2.05. The Kier molecular flexibility index (Phi) is 9.30. The number of hydrogen-bond donors (Lipinski definition) is 4. The summed E-state index contributed by atoms with van der Waals surface area (Å²) in [7, 11) is -3.68. The summed E-state index contributed by atoms with van der Waals surface area (Å²) >= 11 is 18.7. The smallest absolute Gasteiger partial charge is 0.408 e. The summed E-state index contributed by atoms with van der Waals surface area (Å²) in [6.07, 6.45) is -0.425. The first-order valence-electron chi connectivity index (χ1n) is 12.0. The van der Waals surface area contributed by atoms with Gasteiger partial charge in [-0.2, -0.15) is 0 Å². The first kappa shape index (κ1) is 33.3. The van der Waals surface area contributed by atoms with Crippen LogP contribution in [0.1, 0.15) is 45.7 Å². The molecule has 2 aliphatic rings. The fraction of sp³-hybridized carbons (Fsp3) is 0.500. The fourth-order valence-corrected chi connectivity index (χ4v) is 6.87. The molecule has 2 aliphatic heterocycles. The van der Waals surface area contributed by atoms with Crippen LogP contribution in [0.25, 0.3) is 0 Å². The quantitative estimate of drug-likeness (QED) is 0.181. The van der Waals surface area contributed by atoms with Crippen molar-refractivity contribution in [3.05, 3.63) is 41.1 Å². The van der Waals surface area contributed by atoms with Gasteiger partial charge in [-0.05, 0) is 51.0 Å². The normalized spacial score (nSPS) is 23.7. The van der Waals surface area contributed by atoms with E-state index in [-0.39, 0.29) is 16.8 Å². The van der Waals surface area contributed by atoms with Gasteiger partial charge in [0.2, 0.25) is 15.9 Å². The average molecular weight is 672 g/mol. The molecule has 1 aromatic rings. The van der Waals surface area contributed by atoms with Crippen molar-refractivity contribution in [2.45, 2.75) is 59.8 Å². The number of hydrogen-bond acceptors (Lipinski definition) is 9. The summed E-state index contributed by atoms with van der Waals surface area (Å²) in [5.74, 6) is -4.59. The molecular weight excluding hydrogens is 643 g/mol. The van der Waals surface area contributed by atoms with Gasteiger partial charge in [-0.3, -0.25) is 19.2 Å². The van der Waals surface area contributed by atoms with Crippen LogP contribution in [-0.2, 0) is 29.1 Å². The number of β-lactam (4-membered cyclic amide) rings is 1. The van der Waals surface area contributed by atoms with Crippen LogP contribution in [-0.4, -0.2) is 68.1 Å². The minimum absolute atomic E-state index is 0.00604. The van der Waals surface area contributed by atoms with E-state index in [0.29, 0.717) is 0 Å². The second-order valence-corrected chi connectivity index (χ2v) is 16.5. The van der Waals surface area contributed by atoms with Crippen LogP contribution < -0.4 is 15.8 Å². The third-order valence-electron chi connectivity index (χ3n) is 5.89. The molecule has 3 unspecified atom stereocenters. The van der Waals surface area contributed by atoms with Gasteiger partial charge in [0, 0.05) is 12.1 Å². The van der Waals surface area contributed by atoms with Crippen molar-refractivity contribution >= 4 is 86.0 Å². The Hall–Kier alpha value is -2.23. The molecule has 0 aromatic heterocycles. The highest BCUT2D eigenvalue weighted by Gasteiger charge is 2.61. The summed E-state index contributed by atoms with van der Waals surface area (Å²) in [6, 6.07) is 4.19. The van der Waals surface area contributed by atoms with Gasteiger partial charge in [0.05, 0.1) is 11.1 Å². The van der Waals surface area contributed by atoms with Crippen molar-refractivity contribution in [1.29, 1.82) is 0 Å². The lowest BCUT2D eigenvalue weighted by atomic mass is 9.84. The Bertz CT molecular complexity index is 1420. The molecule has 4 atom stereocenters. The molecular formula is C24H29Cl3N4O8S2. The number of amides is 2. The van der Waals surface area contributed by atoms with Crippen LogP contribution in [0.5, 0.6) is 0 Å². The van der Waals surface area contributed by atoms with Crippen LogP contribution in [0.3, 0.4) is 0 Å². The lowest BCUT2D eigenvalue weighted by Gasteiger charge is -2.53. The molecule has 12 nitrogen and oxygen atoms in total. The molecule has 0 saturated carbocycles. The number of alkyl halides is 3. The van der Waals surface area contributed by atoms with E-state index in [1.807, 2.05) is 0 Å². The number of nitrogens with one attached hydrogen (secondary N) is 2. The van der Waals surface area contributed by atoms with Gasteiger partial charge in [-0.15, -0.1) is 11.8 Å². The van der Waals surface area contributed by atoms with E-state index < -0.39 is 77.5 Å². The van der Waals surface area contributed by atoms with E-state index in [1.54, 1.807) is 20.8 Å². The lowest BCUT2D eigenvalue weighted by molar-refractivity contribution is -0.157. The molecule has 17 heteroatoms. The maximum atomic E-state index is 13.9. The van der Waals surface area contributed by atoms with E-state index in [4.69, 9.17) is 45.3 Å². The minimum atomic E-state index is -3.68. The molecule has 0 bridgehead atoms. The number of carbonyl (C=O) groups is 4. The fourth-order valence-electron chi connectivity index (χ4n) is 4.40. The van der Waals surface area contributed by atoms with Gasteiger partial charge in [0.1, 0.15) is 28.6 Å². The van der Waals surface area contributed by atoms with Crippen molar-refractivity contribution in [1.82, 2.24) is 10.2 Å². The minimum Gasteiger partial charge on any atom is -0.477 e. The molecule has 2 amide bonds. The number of carbonyl (C=O) groups excluding carboxylic acids is 3. The SMILES string of the molecule is CC(C)(C)OC(=O)NC(C(=O)C1C(=O)N2C(C(=O)O)=C(CC(Cl)(Cl)Cl)C(C)(N)S[C@H]12)c1cccc(NS(C)(=O)=O)c1. The van der Waals surface area contributed by atoms with Gasteiger partial charge >= 0.3 is 12.1 Å². The standard InChI is InChI=1S/C24H29Cl3N4O8S2/c1-22(2,3)39-21(36)29-15(11-7-6-8-12(9-11)30-41(5,37)38)17(32)14-18(33)31-16(20(34)35)13(10-24(25,26)27)23(4,28)40-19(14)31/h6-9,14-15,19,30H,10,28H2,1-5H3,(H,29,36)(H,34,35)/t14?,15?,19-,23?/m1/s1. The molecule has 226 valence electrons. The van der Waals surface area contributed by atoms with Gasteiger partial charge in [-0.25, -0.2) is 18.0 Å². The van der Waals surface area contributed by atoms with Crippen molar-refractivity contribution in [2.24, 2.45) is 11.7 Å². The number of alkyl carbamates (subject to hydrolysis) is 1. The maximum absolute atomic E-state index is 13.9. The Labute approximate surface area is 256 Å². The number of rotatable bonds is 8. The zero-order valence-electron chi connectivity index (χ0n) is 22.5. The predicted molar refractivity (Wildman–Crippen MR) is 156 cm³/mol. The van der Waals surface area contributed by atoms with Crippen LogP contribution in [0, 0.1) is 5.92 Å². The largest absolute Gasteiger partial charge is 0.477 e. The van der Waals surface area contributed by atoms with E-state index in [2.05, 4.69) is 10.0 Å². The zero-order chi connectivity index (χ0) is 31.3. The molecule has 5 N–H and O–H groups in total. The topological polar surface area (TPSA) is 185 Å². The molecule has 0 radical (unpaired) electrons. The van der Waals surface area contributed by atoms with Crippen molar-refractivity contribution in [3.8, 4) is 0 Å². The summed E-state index contributed by atoms with van der Waals surface area (Å²) in [6.45, 7) is 6.32. The van der Waals surface area contributed by atoms with E-state index in [0.717, 1.165) is 22.9 Å². The highest BCUT2D eigenvalue weighted by atomic mass is 35.6. The Morgan fingerprint density at radius 2 is 1.85 bits per heavy atom. The van der Waals surface area contributed by atoms with Gasteiger partial charge in [0.25, 0.3) is 0 Å². The third kappa shape index (κ3) is 7.99. The molecule has 1 aromatic carbocycles. The molecule has 1 fully saturated rings. The molecule has 2 heterocycles. The number of nitrogens with zero attached hydrogens (tertiary/aromatic N) is 1. The number of nitrogens with two attached hydrogens (primary N) is 1. The summed E-state index contributed by atoms with van der Waals surface area (Å²) in [4.78, 5) is 51.8. The van der Waals surface area contributed by atoms with E-state index >= 15 is 0 Å². The monoisotopic (exact) mass is 670 g/mol. The van der Waals surface area contributed by atoms with Gasteiger partial charge in [0.15, 0.2) is 9.58 Å². The summed E-state index contributed by atoms with van der Waals surface area (Å²) in [5.41, 5.74) is 5.25. The lowest BCUT2D eigenvalue weighted by Crippen LogP contribution is -2.68. The highest BCUT2D eigenvalue weighted by Crippen LogP contribution is 2.54. The first-order chi connectivity index (χ1) is 18.5. The number of aliphatic carboxylic acids is 1. The third-order valence-corrected chi connectivity index (χ3v) is 8.36. The molecule has 3 rings (SSSR count). The average Bonchev–Trinajstić information content (AvgIpc) is 2.75. The Morgan fingerprint density at radius 3 is 2.37 bits per heavy atom. The van der Waals surface area contributed by atoms with Crippen molar-refractivity contribution in [3.63, 3.8) is 0 Å². The van der Waals surface area contributed by atoms with E-state index in [9.17, 15) is 32.7 Å². The molecule has 1 saturated heterocycles. The number of benzene rings is 1. The first-order valence-corrected chi connectivity index (χ1v) is 15.9. The number of carboxylic acids is 1. The molecule has 0 aliphatic carbocycles. The Morgan fingerprint density at radius 1 is 1.24 bits per heavy atom. The zero-order valence-corrected chi connectivity index (χ0v) is 26.4. The van der Waals surface area contributed by atoms with Crippen LogP contribution in [0.4, 0.5) is 10.5 Å². The predicted octanol–water partition coefficient (Wildman–Crippen LogP) is 3.50. The second kappa shape index (κ2) is 11.5. The van der Waals surface area contributed by atoms with Crippen LogP contribution >= 0.6 is 46.6 Å². The number of ether oxygens (including phenoxy) is 1.